The van der Waals surface area contributed by atoms with Crippen molar-refractivity contribution in [2.24, 2.45) is 13.0 Å². The maximum absolute atomic E-state index is 12.4. The Morgan fingerprint density at radius 1 is 0.946 bits per heavy atom. The first-order valence-electron chi connectivity index (χ1n) is 13.0. The van der Waals surface area contributed by atoms with Gasteiger partial charge in [0.25, 0.3) is 0 Å². The molecule has 0 bridgehead atoms. The molecule has 0 saturated carbocycles. The monoisotopic (exact) mass is 500 g/mol. The Bertz CT molecular complexity index is 1390. The second-order valence-corrected chi connectivity index (χ2v) is 10.2. The Morgan fingerprint density at radius 2 is 1.59 bits per heavy atom. The maximum Gasteiger partial charge on any atom is 0.328 e. The molecule has 1 aliphatic heterocycles. The molecule has 1 atom stereocenters. The van der Waals surface area contributed by atoms with Gasteiger partial charge < -0.3 is 14.6 Å². The second kappa shape index (κ2) is 10.9. The molecule has 8 nitrogen and oxygen atoms in total. The van der Waals surface area contributed by atoms with Gasteiger partial charge >= 0.3 is 5.97 Å². The molecule has 2 aromatic carbocycles. The molecule has 3 heterocycles. The third kappa shape index (κ3) is 5.45. The molecule has 0 radical (unpaired) electrons. The molecule has 0 unspecified atom stereocenters. The molecule has 37 heavy (non-hydrogen) atoms. The SMILES string of the molecule is COC(=O)[C@H](Nc1nc(CN2CCN(Cc3cn(C)c4ccccc34)CC2)nc2ccccc12)C(C)C. The van der Waals surface area contributed by atoms with E-state index in [1.807, 2.05) is 38.1 Å². The fraction of sp³-hybridized carbons (Fsp3) is 0.414. The van der Waals surface area contributed by atoms with Crippen LogP contribution in [0.3, 0.4) is 0 Å². The standard InChI is InChI=1S/C29H36N6O2/c1-20(2)27(29(36)37-4)32-28-23-10-5-7-11-24(23)30-26(31-28)19-35-15-13-34(14-16-35)18-21-17-33(3)25-12-8-6-9-22(21)25/h5-12,17,20,27H,13-16,18-19H2,1-4H3,(H,30,31,32)/t27-/m1/s1. The predicted molar refractivity (Wildman–Crippen MR) is 147 cm³/mol. The third-order valence-corrected chi connectivity index (χ3v) is 7.27. The Kier molecular flexibility index (Phi) is 7.39. The summed E-state index contributed by atoms with van der Waals surface area (Å²) in [7, 11) is 3.54. The Morgan fingerprint density at radius 3 is 2.30 bits per heavy atom. The van der Waals surface area contributed by atoms with E-state index >= 15 is 0 Å². The second-order valence-electron chi connectivity index (χ2n) is 10.2. The van der Waals surface area contributed by atoms with E-state index in [0.29, 0.717) is 12.4 Å². The third-order valence-electron chi connectivity index (χ3n) is 7.27. The number of aryl methyl sites for hydroxylation is 1. The molecule has 1 aliphatic rings. The van der Waals surface area contributed by atoms with Crippen molar-refractivity contribution in [1.29, 1.82) is 0 Å². The van der Waals surface area contributed by atoms with Crippen molar-refractivity contribution >= 4 is 33.6 Å². The minimum absolute atomic E-state index is 0.0550. The first-order valence-corrected chi connectivity index (χ1v) is 13.0. The lowest BCUT2D eigenvalue weighted by Crippen LogP contribution is -2.45. The zero-order chi connectivity index (χ0) is 25.9. The van der Waals surface area contributed by atoms with Crippen molar-refractivity contribution in [2.45, 2.75) is 33.0 Å². The molecule has 1 fully saturated rings. The fourth-order valence-corrected chi connectivity index (χ4v) is 5.18. The first-order chi connectivity index (χ1) is 17.9. The average molecular weight is 501 g/mol. The van der Waals surface area contributed by atoms with E-state index in [-0.39, 0.29) is 11.9 Å². The molecule has 4 aromatic rings. The fourth-order valence-electron chi connectivity index (χ4n) is 5.18. The van der Waals surface area contributed by atoms with Gasteiger partial charge in [-0.2, -0.15) is 0 Å². The summed E-state index contributed by atoms with van der Waals surface area (Å²) >= 11 is 0. The summed E-state index contributed by atoms with van der Waals surface area (Å²) in [5, 5.41) is 5.59. The van der Waals surface area contributed by atoms with Gasteiger partial charge in [-0.15, -0.1) is 0 Å². The van der Waals surface area contributed by atoms with Crippen LogP contribution in [0.5, 0.6) is 0 Å². The van der Waals surface area contributed by atoms with Gasteiger partial charge in [-0.1, -0.05) is 44.2 Å². The zero-order valence-electron chi connectivity index (χ0n) is 22.1. The smallest absolute Gasteiger partial charge is 0.328 e. The number of ether oxygens (including phenoxy) is 1. The molecule has 0 amide bonds. The summed E-state index contributed by atoms with van der Waals surface area (Å²) in [5.74, 6) is 1.20. The zero-order valence-corrected chi connectivity index (χ0v) is 22.1. The number of piperazine rings is 1. The number of aromatic nitrogens is 3. The largest absolute Gasteiger partial charge is 0.467 e. The summed E-state index contributed by atoms with van der Waals surface area (Å²) in [6.07, 6.45) is 2.26. The van der Waals surface area contributed by atoms with E-state index in [4.69, 9.17) is 14.7 Å². The van der Waals surface area contributed by atoms with Crippen LogP contribution in [0.1, 0.15) is 25.2 Å². The minimum Gasteiger partial charge on any atom is -0.467 e. The van der Waals surface area contributed by atoms with Crippen molar-refractivity contribution in [2.75, 3.05) is 38.6 Å². The van der Waals surface area contributed by atoms with E-state index in [0.717, 1.165) is 49.5 Å². The number of nitrogens with zero attached hydrogens (tertiary/aromatic N) is 5. The number of anilines is 1. The van der Waals surface area contributed by atoms with Crippen molar-refractivity contribution in [3.8, 4) is 0 Å². The van der Waals surface area contributed by atoms with E-state index in [2.05, 4.69) is 57.2 Å². The van der Waals surface area contributed by atoms with Crippen molar-refractivity contribution in [3.63, 3.8) is 0 Å². The molecule has 0 spiro atoms. The minimum atomic E-state index is -0.478. The topological polar surface area (TPSA) is 75.5 Å². The van der Waals surface area contributed by atoms with Crippen LogP contribution in [0.2, 0.25) is 0 Å². The van der Waals surface area contributed by atoms with Crippen LogP contribution in [-0.4, -0.2) is 69.6 Å². The van der Waals surface area contributed by atoms with Gasteiger partial charge in [0, 0.05) is 62.3 Å². The predicted octanol–water partition coefficient (Wildman–Crippen LogP) is 4.05. The number of hydrogen-bond donors (Lipinski definition) is 1. The molecule has 1 N–H and O–H groups in total. The summed E-state index contributed by atoms with van der Waals surface area (Å²) in [5.41, 5.74) is 3.53. The number of nitrogens with one attached hydrogen (secondary N) is 1. The molecule has 5 rings (SSSR count). The highest BCUT2D eigenvalue weighted by Gasteiger charge is 2.25. The van der Waals surface area contributed by atoms with Gasteiger partial charge in [-0.05, 0) is 29.7 Å². The lowest BCUT2D eigenvalue weighted by atomic mass is 10.0. The van der Waals surface area contributed by atoms with Crippen LogP contribution < -0.4 is 5.32 Å². The summed E-state index contributed by atoms with van der Waals surface area (Å²) in [6.45, 7) is 9.54. The normalized spacial score (nSPS) is 15.9. The summed E-state index contributed by atoms with van der Waals surface area (Å²) < 4.78 is 7.24. The van der Waals surface area contributed by atoms with Crippen LogP contribution in [0.15, 0.2) is 54.7 Å². The van der Waals surface area contributed by atoms with Crippen LogP contribution in [0, 0.1) is 5.92 Å². The highest BCUT2D eigenvalue weighted by molar-refractivity contribution is 5.91. The number of carbonyl (C=O) groups is 1. The van der Waals surface area contributed by atoms with Crippen LogP contribution >= 0.6 is 0 Å². The van der Waals surface area contributed by atoms with Gasteiger partial charge in [0.1, 0.15) is 17.7 Å². The number of carbonyl (C=O) groups excluding carboxylic acids is 1. The van der Waals surface area contributed by atoms with E-state index in [1.165, 1.54) is 23.6 Å². The first kappa shape index (κ1) is 25.2. The van der Waals surface area contributed by atoms with E-state index in [1.54, 1.807) is 0 Å². The molecular formula is C29H36N6O2. The lowest BCUT2D eigenvalue weighted by molar-refractivity contribution is -0.142. The van der Waals surface area contributed by atoms with Crippen LogP contribution in [0.25, 0.3) is 21.8 Å². The molecular weight excluding hydrogens is 464 g/mol. The van der Waals surface area contributed by atoms with Gasteiger partial charge in [0.15, 0.2) is 0 Å². The van der Waals surface area contributed by atoms with Gasteiger partial charge in [0.05, 0.1) is 19.2 Å². The Labute approximate surface area is 218 Å². The van der Waals surface area contributed by atoms with E-state index < -0.39 is 6.04 Å². The Hall–Kier alpha value is -3.49. The number of benzene rings is 2. The van der Waals surface area contributed by atoms with Crippen molar-refractivity contribution < 1.29 is 9.53 Å². The summed E-state index contributed by atoms with van der Waals surface area (Å²) in [6, 6.07) is 16.1. The highest BCUT2D eigenvalue weighted by Crippen LogP contribution is 2.24. The van der Waals surface area contributed by atoms with Gasteiger partial charge in [-0.3, -0.25) is 9.80 Å². The maximum atomic E-state index is 12.4. The number of esters is 1. The van der Waals surface area contributed by atoms with Crippen molar-refractivity contribution in [1.82, 2.24) is 24.3 Å². The van der Waals surface area contributed by atoms with Crippen LogP contribution in [0.4, 0.5) is 5.82 Å². The quantitative estimate of drug-likeness (QED) is 0.366. The number of rotatable bonds is 8. The number of hydrogen-bond acceptors (Lipinski definition) is 7. The molecule has 194 valence electrons. The lowest BCUT2D eigenvalue weighted by Gasteiger charge is -2.34. The Balaban J connectivity index is 1.28. The summed E-state index contributed by atoms with van der Waals surface area (Å²) in [4.78, 5) is 27.0. The molecule has 2 aromatic heterocycles. The molecule has 8 heteroatoms. The van der Waals surface area contributed by atoms with E-state index in [9.17, 15) is 4.79 Å². The van der Waals surface area contributed by atoms with Crippen molar-refractivity contribution in [3.05, 3.63) is 66.1 Å². The number of para-hydroxylation sites is 2. The van der Waals surface area contributed by atoms with Gasteiger partial charge in [-0.25, -0.2) is 14.8 Å². The van der Waals surface area contributed by atoms with Gasteiger partial charge in [0.2, 0.25) is 0 Å². The van der Waals surface area contributed by atoms with Crippen LogP contribution in [-0.2, 0) is 29.7 Å². The number of methoxy groups -OCH3 is 1. The molecule has 0 aliphatic carbocycles. The molecule has 1 saturated heterocycles. The number of fused-ring (bicyclic) bond motifs is 2. The highest BCUT2D eigenvalue weighted by atomic mass is 16.5. The average Bonchev–Trinajstić information content (AvgIpc) is 3.22.